The first-order chi connectivity index (χ1) is 7.56. The highest BCUT2D eigenvalue weighted by atomic mass is 19.1. The first-order valence-corrected chi connectivity index (χ1v) is 5.48. The number of hydrogen-bond donors (Lipinski definition) is 2. The maximum atomic E-state index is 13.2. The maximum Gasteiger partial charge on any atom is 0.125 e. The van der Waals surface area contributed by atoms with Crippen molar-refractivity contribution in [1.29, 1.82) is 0 Å². The third-order valence-electron chi connectivity index (χ3n) is 2.48. The summed E-state index contributed by atoms with van der Waals surface area (Å²) < 4.78 is 13.2. The van der Waals surface area contributed by atoms with E-state index in [1.165, 1.54) is 12.1 Å². The number of aliphatic hydroxyl groups excluding tert-OH is 1. The molecule has 0 atom stereocenters. The zero-order valence-corrected chi connectivity index (χ0v) is 9.78. The molecule has 1 rings (SSSR count). The van der Waals surface area contributed by atoms with Crippen molar-refractivity contribution in [3.63, 3.8) is 0 Å². The van der Waals surface area contributed by atoms with Crippen LogP contribution in [0.25, 0.3) is 0 Å². The molecule has 0 saturated carbocycles. The number of aliphatic hydroxyl groups is 1. The van der Waals surface area contributed by atoms with Crippen molar-refractivity contribution in [2.24, 2.45) is 0 Å². The number of nitrogens with zero attached hydrogens (tertiary/aromatic N) is 1. The maximum absolute atomic E-state index is 13.2. The summed E-state index contributed by atoms with van der Waals surface area (Å²) in [5.74, 6) is -0.293. The largest absolute Gasteiger partial charge is 0.397 e. The lowest BCUT2D eigenvalue weighted by Crippen LogP contribution is -2.32. The van der Waals surface area contributed by atoms with Gasteiger partial charge in [-0.15, -0.1) is 0 Å². The van der Waals surface area contributed by atoms with Crippen LogP contribution < -0.4 is 10.6 Å². The Labute approximate surface area is 95.7 Å². The number of nitrogens with two attached hydrogens (primary N) is 1. The van der Waals surface area contributed by atoms with Crippen molar-refractivity contribution in [3.8, 4) is 0 Å². The summed E-state index contributed by atoms with van der Waals surface area (Å²) in [6.45, 7) is 4.82. The minimum atomic E-state index is -0.293. The van der Waals surface area contributed by atoms with Gasteiger partial charge in [0.25, 0.3) is 0 Å². The van der Waals surface area contributed by atoms with Crippen LogP contribution in [0.2, 0.25) is 0 Å². The molecule has 0 radical (unpaired) electrons. The minimum Gasteiger partial charge on any atom is -0.397 e. The number of halogens is 1. The van der Waals surface area contributed by atoms with E-state index in [0.717, 1.165) is 0 Å². The lowest BCUT2D eigenvalue weighted by atomic mass is 10.2. The molecule has 90 valence electrons. The van der Waals surface area contributed by atoms with Gasteiger partial charge in [0.1, 0.15) is 5.82 Å². The third kappa shape index (κ3) is 3.10. The number of anilines is 2. The highest BCUT2D eigenvalue weighted by molar-refractivity contribution is 5.67. The molecule has 16 heavy (non-hydrogen) atoms. The van der Waals surface area contributed by atoms with Crippen LogP contribution in [0.15, 0.2) is 18.2 Å². The average Bonchev–Trinajstić information content (AvgIpc) is 2.23. The summed E-state index contributed by atoms with van der Waals surface area (Å²) in [7, 11) is 0. The first kappa shape index (κ1) is 12.8. The highest BCUT2D eigenvalue weighted by Gasteiger charge is 2.13. The van der Waals surface area contributed by atoms with E-state index in [-0.39, 0.29) is 18.5 Å². The molecule has 0 amide bonds. The van der Waals surface area contributed by atoms with Crippen LogP contribution in [0.3, 0.4) is 0 Å². The number of hydrogen-bond acceptors (Lipinski definition) is 3. The van der Waals surface area contributed by atoms with Crippen molar-refractivity contribution in [3.05, 3.63) is 24.0 Å². The molecule has 0 aliphatic carbocycles. The first-order valence-electron chi connectivity index (χ1n) is 5.48. The van der Waals surface area contributed by atoms with Gasteiger partial charge < -0.3 is 15.7 Å². The van der Waals surface area contributed by atoms with Crippen LogP contribution in [0.5, 0.6) is 0 Å². The second-order valence-corrected chi connectivity index (χ2v) is 4.07. The van der Waals surface area contributed by atoms with Gasteiger partial charge in [0.2, 0.25) is 0 Å². The Hall–Kier alpha value is -1.29. The van der Waals surface area contributed by atoms with Crippen molar-refractivity contribution in [1.82, 2.24) is 0 Å². The van der Waals surface area contributed by atoms with Crippen LogP contribution in [0.1, 0.15) is 20.3 Å². The molecule has 1 aromatic rings. The lowest BCUT2D eigenvalue weighted by molar-refractivity contribution is 0.288. The van der Waals surface area contributed by atoms with E-state index in [0.29, 0.717) is 24.3 Å². The summed E-state index contributed by atoms with van der Waals surface area (Å²) in [6.07, 6.45) is 0.647. The number of benzene rings is 1. The molecule has 0 aliphatic heterocycles. The molecular formula is C12H19FN2O. The Morgan fingerprint density at radius 3 is 2.69 bits per heavy atom. The van der Waals surface area contributed by atoms with E-state index < -0.39 is 0 Å². The van der Waals surface area contributed by atoms with Gasteiger partial charge in [-0.2, -0.15) is 0 Å². The monoisotopic (exact) mass is 226 g/mol. The van der Waals surface area contributed by atoms with E-state index in [4.69, 9.17) is 10.8 Å². The van der Waals surface area contributed by atoms with Gasteiger partial charge >= 0.3 is 0 Å². The van der Waals surface area contributed by atoms with Crippen LogP contribution in [-0.2, 0) is 0 Å². The molecule has 0 heterocycles. The second kappa shape index (κ2) is 5.70. The smallest absolute Gasteiger partial charge is 0.125 e. The molecule has 3 nitrogen and oxygen atoms in total. The zero-order chi connectivity index (χ0) is 12.1. The van der Waals surface area contributed by atoms with Gasteiger partial charge in [-0.3, -0.25) is 0 Å². The Morgan fingerprint density at radius 2 is 2.12 bits per heavy atom. The van der Waals surface area contributed by atoms with Gasteiger partial charge in [0, 0.05) is 19.2 Å². The number of nitrogen functional groups attached to an aromatic ring is 1. The van der Waals surface area contributed by atoms with E-state index in [1.807, 2.05) is 18.7 Å². The van der Waals surface area contributed by atoms with Gasteiger partial charge in [-0.25, -0.2) is 4.39 Å². The molecule has 0 unspecified atom stereocenters. The van der Waals surface area contributed by atoms with E-state index in [2.05, 4.69) is 0 Å². The topological polar surface area (TPSA) is 49.5 Å². The van der Waals surface area contributed by atoms with Crippen LogP contribution in [-0.4, -0.2) is 24.3 Å². The Bertz CT molecular complexity index is 342. The van der Waals surface area contributed by atoms with Gasteiger partial charge in [0.05, 0.1) is 11.4 Å². The molecule has 0 spiro atoms. The van der Waals surface area contributed by atoms with Crippen molar-refractivity contribution >= 4 is 11.4 Å². The summed E-state index contributed by atoms with van der Waals surface area (Å²) in [5, 5.41) is 8.84. The summed E-state index contributed by atoms with van der Waals surface area (Å²) in [4.78, 5) is 1.99. The molecule has 0 aromatic heterocycles. The van der Waals surface area contributed by atoms with Gasteiger partial charge in [-0.05, 0) is 38.5 Å². The molecule has 0 saturated heterocycles. The average molecular weight is 226 g/mol. The highest BCUT2D eigenvalue weighted by Crippen LogP contribution is 2.26. The van der Waals surface area contributed by atoms with Crippen LogP contribution >= 0.6 is 0 Å². The zero-order valence-electron chi connectivity index (χ0n) is 9.78. The van der Waals surface area contributed by atoms with E-state index >= 15 is 0 Å². The van der Waals surface area contributed by atoms with Gasteiger partial charge in [0.15, 0.2) is 0 Å². The molecule has 0 aliphatic rings. The molecule has 0 fully saturated rings. The quantitative estimate of drug-likeness (QED) is 0.755. The SMILES string of the molecule is CC(C)N(CCCO)c1cc(F)ccc1N. The predicted octanol–water partition coefficient (Wildman–Crippen LogP) is 2.01. The summed E-state index contributed by atoms with van der Waals surface area (Å²) in [5.41, 5.74) is 7.09. The normalized spacial score (nSPS) is 10.8. The summed E-state index contributed by atoms with van der Waals surface area (Å²) >= 11 is 0. The predicted molar refractivity (Wildman–Crippen MR) is 65.0 cm³/mol. The minimum absolute atomic E-state index is 0.123. The van der Waals surface area contributed by atoms with Crippen LogP contribution in [0, 0.1) is 5.82 Å². The molecule has 3 N–H and O–H groups in total. The van der Waals surface area contributed by atoms with Crippen molar-refractivity contribution < 1.29 is 9.50 Å². The second-order valence-electron chi connectivity index (χ2n) is 4.07. The third-order valence-corrected chi connectivity index (χ3v) is 2.48. The molecular weight excluding hydrogens is 207 g/mol. The Kier molecular flexibility index (Phi) is 4.55. The fourth-order valence-electron chi connectivity index (χ4n) is 1.66. The Morgan fingerprint density at radius 1 is 1.44 bits per heavy atom. The van der Waals surface area contributed by atoms with E-state index in [9.17, 15) is 4.39 Å². The molecule has 1 aromatic carbocycles. The Balaban J connectivity index is 2.95. The van der Waals surface area contributed by atoms with Crippen LogP contribution in [0.4, 0.5) is 15.8 Å². The molecule has 0 bridgehead atoms. The fraction of sp³-hybridized carbons (Fsp3) is 0.500. The molecule has 4 heteroatoms. The van der Waals surface area contributed by atoms with Crippen molar-refractivity contribution in [2.75, 3.05) is 23.8 Å². The number of rotatable bonds is 5. The fourth-order valence-corrected chi connectivity index (χ4v) is 1.66. The lowest BCUT2D eigenvalue weighted by Gasteiger charge is -2.30. The summed E-state index contributed by atoms with van der Waals surface area (Å²) in [6, 6.07) is 4.57. The van der Waals surface area contributed by atoms with E-state index in [1.54, 1.807) is 6.07 Å². The van der Waals surface area contributed by atoms with Gasteiger partial charge in [-0.1, -0.05) is 0 Å². The standard InChI is InChI=1S/C12H19FN2O/c1-9(2)15(6-3-7-16)12-8-10(13)4-5-11(12)14/h4-5,8-9,16H,3,6-7,14H2,1-2H3. The van der Waals surface area contributed by atoms with Crippen molar-refractivity contribution in [2.45, 2.75) is 26.3 Å².